The molecule has 0 saturated carbocycles. The number of hydrogen-bond donors (Lipinski definition) is 20. The first-order chi connectivity index (χ1) is 26.3. The zero-order chi connectivity index (χ0) is 45.1. The molecule has 58 heavy (non-hydrogen) atoms. The van der Waals surface area contributed by atoms with Crippen molar-refractivity contribution >= 4 is 65.3 Å². The molecule has 38 heteroatoms. The molecule has 22 N–H and O–H groups in total. The van der Waals surface area contributed by atoms with Gasteiger partial charge in [-0.3, -0.25) is 9.13 Å². The normalized spacial score (nSPS) is 24.4. The first kappa shape index (κ1) is 52.8. The Hall–Kier alpha value is -3.18. The van der Waals surface area contributed by atoms with Gasteiger partial charge in [0.15, 0.2) is 35.4 Å². The fourth-order valence-electron chi connectivity index (χ4n) is 4.33. The molecule has 0 amide bonds. The van der Waals surface area contributed by atoms with E-state index in [-0.39, 0.29) is 11.6 Å². The van der Waals surface area contributed by atoms with Gasteiger partial charge >= 0.3 is 31.3 Å². The summed E-state index contributed by atoms with van der Waals surface area (Å²) in [5.41, 5.74) is 12.9. The van der Waals surface area contributed by atoms with Gasteiger partial charge in [0, 0.05) is 0 Å². The number of fused-ring (bicyclic) bond motifs is 2. The van der Waals surface area contributed by atoms with E-state index >= 15 is 0 Å². The molecule has 0 unspecified atom stereocenters. The molecule has 0 radical (unpaired) electrons. The quantitative estimate of drug-likeness (QED) is 0.0845. The summed E-state index contributed by atoms with van der Waals surface area (Å²) in [6.07, 6.45) is -2.85. The molecule has 2 saturated heterocycles. The van der Waals surface area contributed by atoms with E-state index in [2.05, 4.69) is 29.9 Å². The van der Waals surface area contributed by atoms with E-state index in [1.807, 2.05) is 0 Å². The van der Waals surface area contributed by atoms with Gasteiger partial charge in [0.2, 0.25) is 0 Å². The molecule has 4 aromatic heterocycles. The van der Waals surface area contributed by atoms with E-state index in [4.69, 9.17) is 108 Å². The summed E-state index contributed by atoms with van der Waals surface area (Å²) in [5.74, 6) is 0.436. The minimum Gasteiger partial charge on any atom is -0.394 e. The summed E-state index contributed by atoms with van der Waals surface area (Å²) in [4.78, 5) is 110. The highest BCUT2D eigenvalue weighted by Gasteiger charge is 2.45. The maximum Gasteiger partial charge on any atom is 0.466 e. The van der Waals surface area contributed by atoms with Crippen LogP contribution in [-0.2, 0) is 27.7 Å². The van der Waals surface area contributed by atoms with E-state index in [0.29, 0.717) is 22.3 Å². The fourth-order valence-corrected chi connectivity index (χ4v) is 4.33. The lowest BCUT2D eigenvalue weighted by molar-refractivity contribution is -0.0511. The molecule has 0 aliphatic carbocycles. The van der Waals surface area contributed by atoms with Crippen LogP contribution in [0.2, 0.25) is 0 Å². The van der Waals surface area contributed by atoms with Crippen LogP contribution in [0.3, 0.4) is 0 Å². The predicted molar refractivity (Wildman–Crippen MR) is 183 cm³/mol. The Balaban J connectivity index is 0.000000400. The van der Waals surface area contributed by atoms with Crippen molar-refractivity contribution in [2.45, 2.75) is 49.1 Å². The Labute approximate surface area is 320 Å². The summed E-state index contributed by atoms with van der Waals surface area (Å²) in [6.45, 7) is -0.781. The Kier molecular flexibility index (Phi) is 19.9. The number of hydrogen-bond acceptors (Lipinski definition) is 20. The van der Waals surface area contributed by atoms with E-state index in [1.165, 1.54) is 34.4 Å². The van der Waals surface area contributed by atoms with Gasteiger partial charge in [0.05, 0.1) is 25.9 Å². The van der Waals surface area contributed by atoms with Crippen LogP contribution in [0, 0.1) is 0 Å². The van der Waals surface area contributed by atoms with Gasteiger partial charge in [-0.25, -0.2) is 48.2 Å². The predicted octanol–water partition coefficient (Wildman–Crippen LogP) is -7.67. The van der Waals surface area contributed by atoms with Crippen LogP contribution in [0.1, 0.15) is 12.5 Å². The van der Waals surface area contributed by atoms with Gasteiger partial charge < -0.3 is 110 Å². The van der Waals surface area contributed by atoms with E-state index < -0.39 is 93.6 Å². The third-order valence-corrected chi connectivity index (χ3v) is 6.36. The summed E-state index contributed by atoms with van der Waals surface area (Å²) < 4.78 is 49.2. The molecule has 8 atom stereocenters. The number of rotatable bonds is 4. The third kappa shape index (κ3) is 18.8. The standard InChI is InChI=1S/2C10H13N5O4.4H3O4P/c2*11-8-5-9(13-2-12-8)15(3-14-5)10-7(18)6(17)4(1-16)19-10;4*1-5(2,3)4/h2*2-4,6-7,10,16-18H,1H2,(H2,11,12,13);4*(H3,1,2,3,4)/t2*4-,6-,7-,10-;;;;/m11..../s1. The van der Waals surface area contributed by atoms with Gasteiger partial charge in [-0.2, -0.15) is 0 Å². The minimum absolute atomic E-state index is 0.218. The summed E-state index contributed by atoms with van der Waals surface area (Å²) in [7, 11) is -18.6. The molecule has 0 bridgehead atoms. The highest BCUT2D eigenvalue weighted by Crippen LogP contribution is 2.33. The number of aliphatic hydroxyl groups excluding tert-OH is 6. The van der Waals surface area contributed by atoms with Crippen molar-refractivity contribution < 1.29 is 117 Å². The van der Waals surface area contributed by atoms with E-state index in [1.54, 1.807) is 0 Å². The lowest BCUT2D eigenvalue weighted by Gasteiger charge is -2.16. The zero-order valence-corrected chi connectivity index (χ0v) is 31.9. The zero-order valence-electron chi connectivity index (χ0n) is 28.4. The van der Waals surface area contributed by atoms with Crippen LogP contribution in [0.4, 0.5) is 11.6 Å². The van der Waals surface area contributed by atoms with Crippen molar-refractivity contribution in [1.29, 1.82) is 0 Å². The summed E-state index contributed by atoms with van der Waals surface area (Å²) >= 11 is 0. The van der Waals surface area contributed by atoms with Gasteiger partial charge in [0.25, 0.3) is 0 Å². The maximum absolute atomic E-state index is 9.95. The minimum atomic E-state index is -4.64. The monoisotopic (exact) mass is 926 g/mol. The largest absolute Gasteiger partial charge is 0.466 e. The van der Waals surface area contributed by atoms with Crippen LogP contribution in [0.5, 0.6) is 0 Å². The topological polar surface area (TPSA) is 590 Å². The Bertz CT molecular complexity index is 1870. The smallest absolute Gasteiger partial charge is 0.394 e. The van der Waals surface area contributed by atoms with Crippen LogP contribution < -0.4 is 11.5 Å². The van der Waals surface area contributed by atoms with Crippen molar-refractivity contribution in [2.75, 3.05) is 24.7 Å². The second-order valence-electron chi connectivity index (χ2n) is 10.7. The van der Waals surface area contributed by atoms with Crippen molar-refractivity contribution in [3.8, 4) is 0 Å². The van der Waals surface area contributed by atoms with Crippen molar-refractivity contribution in [2.24, 2.45) is 0 Å². The molecule has 4 aromatic rings. The first-order valence-electron chi connectivity index (χ1n) is 14.5. The molecule has 34 nitrogen and oxygen atoms in total. The molecule has 2 aliphatic heterocycles. The van der Waals surface area contributed by atoms with Crippen LogP contribution in [-0.4, -0.2) is 178 Å². The molecule has 0 aromatic carbocycles. The molecule has 0 spiro atoms. The number of ether oxygens (including phenoxy) is 2. The average Bonchev–Trinajstić information content (AvgIpc) is 3.80. The number of nitrogen functional groups attached to an aromatic ring is 2. The summed E-state index contributed by atoms with van der Waals surface area (Å²) in [5, 5.41) is 57.5. The van der Waals surface area contributed by atoms with Crippen molar-refractivity contribution in [3.05, 3.63) is 25.3 Å². The number of phosphoric acid groups is 4. The number of nitrogens with two attached hydrogens (primary N) is 2. The van der Waals surface area contributed by atoms with E-state index in [0.717, 1.165) is 0 Å². The number of anilines is 2. The van der Waals surface area contributed by atoms with Gasteiger partial charge in [-0.05, 0) is 0 Å². The number of imidazole rings is 2. The molecular formula is C20H38N10O24P4. The Morgan fingerprint density at radius 2 is 0.759 bits per heavy atom. The molecule has 6 heterocycles. The number of aliphatic hydroxyl groups is 6. The molecule has 332 valence electrons. The highest BCUT2D eigenvalue weighted by atomic mass is 31.2. The lowest BCUT2D eigenvalue weighted by atomic mass is 10.1. The second kappa shape index (κ2) is 21.9. The van der Waals surface area contributed by atoms with Crippen LogP contribution >= 0.6 is 31.3 Å². The van der Waals surface area contributed by atoms with E-state index in [9.17, 15) is 20.4 Å². The second-order valence-corrected chi connectivity index (χ2v) is 14.8. The summed E-state index contributed by atoms with van der Waals surface area (Å²) in [6, 6.07) is 0. The Morgan fingerprint density at radius 1 is 0.500 bits per heavy atom. The number of aromatic nitrogens is 8. The van der Waals surface area contributed by atoms with Gasteiger partial charge in [-0.15, -0.1) is 0 Å². The van der Waals surface area contributed by atoms with Crippen molar-refractivity contribution in [3.63, 3.8) is 0 Å². The van der Waals surface area contributed by atoms with Crippen LogP contribution in [0.15, 0.2) is 25.3 Å². The van der Waals surface area contributed by atoms with Gasteiger partial charge in [-0.1, -0.05) is 0 Å². The number of nitrogens with zero attached hydrogens (tertiary/aromatic N) is 8. The SMILES string of the molecule is Nc1ncnc2c1ncn2[C@@H]1O[C@H](CO)[C@@H](O)[C@H]1O.Nc1ncnc2c1ncn2[C@@H]1O[C@H](CO)[C@@H](O)[C@H]1O.O=P(O)(O)O.O=P(O)(O)O.O=P(O)(O)O.O=P(O)(O)O. The fraction of sp³-hybridized carbons (Fsp3) is 0.500. The molecule has 2 aliphatic rings. The average molecular weight is 926 g/mol. The first-order valence-corrected chi connectivity index (χ1v) is 20.8. The highest BCUT2D eigenvalue weighted by molar-refractivity contribution is 7.45. The lowest BCUT2D eigenvalue weighted by Crippen LogP contribution is -2.33. The van der Waals surface area contributed by atoms with Crippen molar-refractivity contribution in [1.82, 2.24) is 39.0 Å². The maximum atomic E-state index is 9.95. The Morgan fingerprint density at radius 3 is 0.983 bits per heavy atom. The molecule has 2 fully saturated rings. The van der Waals surface area contributed by atoms with Gasteiger partial charge in [0.1, 0.15) is 60.3 Å². The third-order valence-electron chi connectivity index (χ3n) is 6.36. The van der Waals surface area contributed by atoms with Crippen LogP contribution in [0.25, 0.3) is 22.3 Å². The molecule has 6 rings (SSSR count). The molecular weight excluding hydrogens is 888 g/mol.